The van der Waals surface area contributed by atoms with Crippen molar-refractivity contribution in [3.05, 3.63) is 53.6 Å². The Bertz CT molecular complexity index is 935. The summed E-state index contributed by atoms with van der Waals surface area (Å²) in [5.41, 5.74) is 1.86. The van der Waals surface area contributed by atoms with Gasteiger partial charge in [-0.15, -0.1) is 5.06 Å². The number of halogens is 1. The molecule has 1 aromatic carbocycles. The fraction of sp³-hybridized carbons (Fsp3) is 0.455. The average Bonchev–Trinajstić information content (AvgIpc) is 3.10. The topological polar surface area (TPSA) is 73.5 Å². The highest BCUT2D eigenvalue weighted by Crippen LogP contribution is 2.20. The van der Waals surface area contributed by atoms with Crippen LogP contribution in [0.1, 0.15) is 28.9 Å². The Hall–Kier alpha value is -2.91. The van der Waals surface area contributed by atoms with E-state index in [1.54, 1.807) is 16.7 Å². The molecule has 1 amide bonds. The number of hydroxylamine groups is 2. The van der Waals surface area contributed by atoms with Gasteiger partial charge in [-0.2, -0.15) is 0 Å². The lowest BCUT2D eigenvalue weighted by molar-refractivity contribution is -0.0885. The highest BCUT2D eigenvalue weighted by atomic mass is 19.1. The van der Waals surface area contributed by atoms with E-state index >= 15 is 0 Å². The largest absolute Gasteiger partial charge is 0.411 e. The van der Waals surface area contributed by atoms with Crippen molar-refractivity contribution in [2.75, 3.05) is 45.8 Å². The third kappa shape index (κ3) is 4.88. The molecule has 0 atom stereocenters. The second kappa shape index (κ2) is 9.49. The molecule has 0 radical (unpaired) electrons. The number of fused-ring (bicyclic) bond motifs is 1. The van der Waals surface area contributed by atoms with Crippen LogP contribution in [0, 0.1) is 5.82 Å². The summed E-state index contributed by atoms with van der Waals surface area (Å²) in [5.74, 6) is 0.349. The molecule has 0 unspecified atom stereocenters. The van der Waals surface area contributed by atoms with Crippen molar-refractivity contribution in [1.29, 1.82) is 0 Å². The van der Waals surface area contributed by atoms with Crippen molar-refractivity contribution in [2.24, 2.45) is 12.2 Å². The molecule has 1 aromatic heterocycles. The Morgan fingerprint density at radius 3 is 2.52 bits per heavy atom. The lowest BCUT2D eigenvalue weighted by atomic mass is 10.1. The first-order valence-corrected chi connectivity index (χ1v) is 10.6. The summed E-state index contributed by atoms with van der Waals surface area (Å²) in [5, 5.41) is 14.6. The van der Waals surface area contributed by atoms with E-state index in [2.05, 4.69) is 10.1 Å². The van der Waals surface area contributed by atoms with Gasteiger partial charge in [0.25, 0.3) is 5.91 Å². The van der Waals surface area contributed by atoms with E-state index in [0.29, 0.717) is 36.7 Å². The number of oxime groups is 1. The van der Waals surface area contributed by atoms with E-state index in [9.17, 15) is 14.4 Å². The van der Waals surface area contributed by atoms with Gasteiger partial charge >= 0.3 is 0 Å². The maximum Gasteiger partial charge on any atom is 0.271 e. The molecular weight excluding hydrogens is 401 g/mol. The summed E-state index contributed by atoms with van der Waals surface area (Å²) in [6, 6.07) is 7.88. The van der Waals surface area contributed by atoms with Crippen LogP contribution in [0.5, 0.6) is 5.75 Å². The third-order valence-electron chi connectivity index (χ3n) is 5.89. The van der Waals surface area contributed by atoms with E-state index in [4.69, 9.17) is 4.84 Å². The van der Waals surface area contributed by atoms with Gasteiger partial charge in [-0.1, -0.05) is 5.16 Å². The Morgan fingerprint density at radius 2 is 1.81 bits per heavy atom. The van der Waals surface area contributed by atoms with Crippen molar-refractivity contribution in [3.63, 3.8) is 0 Å². The number of rotatable bonds is 6. The minimum absolute atomic E-state index is 0.0151. The number of hydrogen-bond donors (Lipinski definition) is 1. The Morgan fingerprint density at radius 1 is 1.06 bits per heavy atom. The molecule has 0 spiro atoms. The molecule has 0 saturated carbocycles. The maximum absolute atomic E-state index is 13.0. The number of carbonyl (C=O) groups is 1. The van der Waals surface area contributed by atoms with Crippen molar-refractivity contribution in [3.8, 4) is 5.75 Å². The summed E-state index contributed by atoms with van der Waals surface area (Å²) >= 11 is 0. The fourth-order valence-corrected chi connectivity index (χ4v) is 4.15. The van der Waals surface area contributed by atoms with Gasteiger partial charge in [-0.05, 0) is 43.3 Å². The lowest BCUT2D eigenvalue weighted by Crippen LogP contribution is -2.48. The van der Waals surface area contributed by atoms with Crippen LogP contribution in [-0.4, -0.2) is 82.1 Å². The van der Waals surface area contributed by atoms with Gasteiger partial charge in [-0.25, -0.2) is 4.39 Å². The Labute approximate surface area is 181 Å². The van der Waals surface area contributed by atoms with E-state index in [1.807, 2.05) is 29.3 Å². The van der Waals surface area contributed by atoms with Gasteiger partial charge in [0, 0.05) is 64.5 Å². The normalized spacial score (nSPS) is 19.5. The van der Waals surface area contributed by atoms with E-state index < -0.39 is 0 Å². The van der Waals surface area contributed by atoms with E-state index in [-0.39, 0.29) is 11.7 Å². The smallest absolute Gasteiger partial charge is 0.271 e. The van der Waals surface area contributed by atoms with Crippen molar-refractivity contribution < 1.29 is 19.2 Å². The molecule has 0 aliphatic carbocycles. The number of nitrogens with zero attached hydrogens (tertiary/aromatic N) is 5. The zero-order valence-electron chi connectivity index (χ0n) is 17.7. The molecule has 166 valence electrons. The van der Waals surface area contributed by atoms with Crippen LogP contribution in [0.4, 0.5) is 4.39 Å². The van der Waals surface area contributed by atoms with Crippen LogP contribution in [0.15, 0.2) is 41.7 Å². The van der Waals surface area contributed by atoms with Gasteiger partial charge in [-0.3, -0.25) is 4.79 Å². The summed E-state index contributed by atoms with van der Waals surface area (Å²) in [6.45, 7) is 5.39. The van der Waals surface area contributed by atoms with Crippen LogP contribution in [0.25, 0.3) is 0 Å². The van der Waals surface area contributed by atoms with Gasteiger partial charge < -0.3 is 24.4 Å². The first-order chi connectivity index (χ1) is 15.0. The molecule has 1 N–H and O–H groups in total. The highest BCUT2D eigenvalue weighted by Gasteiger charge is 2.28. The zero-order valence-corrected chi connectivity index (χ0v) is 17.7. The van der Waals surface area contributed by atoms with Gasteiger partial charge in [0.05, 0.1) is 5.71 Å². The predicted molar refractivity (Wildman–Crippen MR) is 114 cm³/mol. The molecule has 0 bridgehead atoms. The molecule has 2 aliphatic heterocycles. The lowest BCUT2D eigenvalue weighted by Gasteiger charge is -2.34. The number of hydrogen-bond acceptors (Lipinski definition) is 6. The fourth-order valence-electron chi connectivity index (χ4n) is 4.15. The monoisotopic (exact) mass is 429 g/mol. The number of piperazine rings is 1. The van der Waals surface area contributed by atoms with Crippen LogP contribution in [0.3, 0.4) is 0 Å². The minimum atomic E-state index is -0.275. The van der Waals surface area contributed by atoms with Crippen molar-refractivity contribution in [1.82, 2.24) is 19.4 Å². The molecule has 2 aromatic rings. The van der Waals surface area contributed by atoms with Crippen LogP contribution >= 0.6 is 0 Å². The molecule has 3 heterocycles. The third-order valence-corrected chi connectivity index (χ3v) is 5.89. The van der Waals surface area contributed by atoms with E-state index in [1.165, 1.54) is 12.1 Å². The molecular formula is C22H28FN5O3. The van der Waals surface area contributed by atoms with Gasteiger partial charge in [0.15, 0.2) is 0 Å². The minimum Gasteiger partial charge on any atom is -0.411 e. The zero-order chi connectivity index (χ0) is 21.8. The average molecular weight is 429 g/mol. The van der Waals surface area contributed by atoms with Crippen molar-refractivity contribution >= 4 is 11.6 Å². The Balaban J connectivity index is 1.24. The van der Waals surface area contributed by atoms with E-state index in [0.717, 1.165) is 44.7 Å². The number of amides is 1. The quantitative estimate of drug-likeness (QED) is 0.563. The molecule has 8 nitrogen and oxygen atoms in total. The first-order valence-electron chi connectivity index (χ1n) is 10.6. The SMILES string of the molecule is Cn1ccc2c1C(=O)N(CCCN1CCN(Oc3ccc(F)cc3)CC1)CCC2=NO. The predicted octanol–water partition coefficient (Wildman–Crippen LogP) is 2.19. The Kier molecular flexibility index (Phi) is 6.53. The summed E-state index contributed by atoms with van der Waals surface area (Å²) in [4.78, 5) is 23.0. The maximum atomic E-state index is 13.0. The number of aromatic nitrogens is 1. The highest BCUT2D eigenvalue weighted by molar-refractivity contribution is 6.11. The van der Waals surface area contributed by atoms with Gasteiger partial charge in [0.2, 0.25) is 0 Å². The van der Waals surface area contributed by atoms with Crippen LogP contribution < -0.4 is 4.84 Å². The van der Waals surface area contributed by atoms with Crippen LogP contribution in [0.2, 0.25) is 0 Å². The summed E-state index contributed by atoms with van der Waals surface area (Å²) < 4.78 is 14.8. The molecule has 4 rings (SSSR count). The van der Waals surface area contributed by atoms with Crippen LogP contribution in [-0.2, 0) is 7.05 Å². The molecule has 1 saturated heterocycles. The molecule has 31 heavy (non-hydrogen) atoms. The molecule has 9 heteroatoms. The van der Waals surface area contributed by atoms with Gasteiger partial charge in [0.1, 0.15) is 17.3 Å². The number of benzene rings is 1. The summed E-state index contributed by atoms with van der Waals surface area (Å²) in [6.07, 6.45) is 3.24. The first kappa shape index (κ1) is 21.3. The number of carbonyl (C=O) groups excluding carboxylic acids is 1. The second-order valence-corrected chi connectivity index (χ2v) is 7.95. The standard InChI is InChI=1S/C22H28FN5O3/c1-25-11-7-19-20(24-30)8-12-27(22(29)21(19)25)10-2-9-26-13-15-28(16-14-26)31-18-5-3-17(23)4-6-18/h3-7,11,30H,2,8-10,12-16H2,1H3. The summed E-state index contributed by atoms with van der Waals surface area (Å²) in [7, 11) is 1.84. The molecule has 1 fully saturated rings. The molecule has 2 aliphatic rings. The number of aryl methyl sites for hydroxylation is 1. The second-order valence-electron chi connectivity index (χ2n) is 7.95. The van der Waals surface area contributed by atoms with Crippen molar-refractivity contribution in [2.45, 2.75) is 12.8 Å².